The minimum atomic E-state index is -0.639. The average Bonchev–Trinajstić information content (AvgIpc) is 2.63. The summed E-state index contributed by atoms with van der Waals surface area (Å²) in [7, 11) is 0. The van der Waals surface area contributed by atoms with E-state index in [0.717, 1.165) is 11.1 Å². The second kappa shape index (κ2) is 4.24. The monoisotopic (exact) mass is 289 g/mol. The van der Waals surface area contributed by atoms with Gasteiger partial charge in [0, 0.05) is 6.08 Å². The molecular formula is C14H12ClN3O2. The molecule has 1 aromatic rings. The molecule has 0 bridgehead atoms. The Morgan fingerprint density at radius 1 is 1.30 bits per heavy atom. The Hall–Kier alpha value is -2.01. The van der Waals surface area contributed by atoms with E-state index in [4.69, 9.17) is 11.6 Å². The fourth-order valence-corrected chi connectivity index (χ4v) is 2.63. The lowest BCUT2D eigenvalue weighted by Gasteiger charge is -2.18. The van der Waals surface area contributed by atoms with E-state index >= 15 is 0 Å². The fourth-order valence-electron chi connectivity index (χ4n) is 2.35. The lowest BCUT2D eigenvalue weighted by atomic mass is 9.84. The van der Waals surface area contributed by atoms with Crippen molar-refractivity contribution in [3.63, 3.8) is 0 Å². The largest absolute Gasteiger partial charge is 0.324 e. The molecule has 3 rings (SSSR count). The summed E-state index contributed by atoms with van der Waals surface area (Å²) in [6, 6.07) is 3.29. The van der Waals surface area contributed by atoms with Gasteiger partial charge < -0.3 is 5.32 Å². The van der Waals surface area contributed by atoms with Gasteiger partial charge in [0.15, 0.2) is 0 Å². The summed E-state index contributed by atoms with van der Waals surface area (Å²) in [6.07, 6.45) is 3.05. The molecule has 2 aliphatic heterocycles. The van der Waals surface area contributed by atoms with E-state index in [1.807, 2.05) is 19.9 Å². The Morgan fingerprint density at radius 2 is 2.05 bits per heavy atom. The van der Waals surface area contributed by atoms with Crippen LogP contribution in [-0.4, -0.2) is 11.8 Å². The van der Waals surface area contributed by atoms with Gasteiger partial charge in [-0.1, -0.05) is 17.7 Å². The molecule has 1 N–H and O–H groups in total. The van der Waals surface area contributed by atoms with Crippen LogP contribution in [0.25, 0.3) is 0 Å². The van der Waals surface area contributed by atoms with Crippen molar-refractivity contribution in [1.29, 1.82) is 0 Å². The standard InChI is InChI=1S/C14H12ClN3O2/c1-14(2)8-5-7(10-3-4-11(19)18-17-10)6-9(15)12(8)16-13(14)20/h3-6,10H,1-2H3,(H,16,20). The maximum atomic E-state index is 12.0. The first-order valence-corrected chi connectivity index (χ1v) is 6.56. The summed E-state index contributed by atoms with van der Waals surface area (Å²) in [6.45, 7) is 3.69. The molecule has 0 saturated heterocycles. The molecule has 6 heteroatoms. The van der Waals surface area contributed by atoms with Crippen LogP contribution < -0.4 is 5.32 Å². The normalized spacial score (nSPS) is 22.9. The van der Waals surface area contributed by atoms with Gasteiger partial charge in [-0.25, -0.2) is 0 Å². The molecule has 0 aliphatic carbocycles. The zero-order valence-electron chi connectivity index (χ0n) is 11.0. The number of halogens is 1. The van der Waals surface area contributed by atoms with Crippen molar-refractivity contribution in [1.82, 2.24) is 0 Å². The van der Waals surface area contributed by atoms with Crippen LogP contribution in [0.3, 0.4) is 0 Å². The first-order chi connectivity index (χ1) is 9.39. The zero-order chi connectivity index (χ0) is 14.5. The van der Waals surface area contributed by atoms with Crippen LogP contribution in [0.15, 0.2) is 34.5 Å². The minimum Gasteiger partial charge on any atom is -0.324 e. The first-order valence-electron chi connectivity index (χ1n) is 6.18. The SMILES string of the molecule is CC1(C)C(=O)Nc2c(Cl)cc(C3C=CC(=O)N=N3)cc21. The van der Waals surface area contributed by atoms with E-state index in [1.54, 1.807) is 12.1 Å². The van der Waals surface area contributed by atoms with Gasteiger partial charge >= 0.3 is 0 Å². The number of fused-ring (bicyclic) bond motifs is 1. The molecule has 0 saturated carbocycles. The summed E-state index contributed by atoms with van der Waals surface area (Å²) >= 11 is 6.24. The predicted molar refractivity (Wildman–Crippen MR) is 74.9 cm³/mol. The Bertz CT molecular complexity index is 676. The second-order valence-corrected chi connectivity index (χ2v) is 5.77. The van der Waals surface area contributed by atoms with Crippen molar-refractivity contribution in [2.75, 3.05) is 5.32 Å². The Balaban J connectivity index is 2.09. The van der Waals surface area contributed by atoms with Gasteiger partial charge in [0.1, 0.15) is 6.04 Å². The number of nitrogens with zero attached hydrogens (tertiary/aromatic N) is 2. The van der Waals surface area contributed by atoms with Gasteiger partial charge in [-0.15, -0.1) is 5.11 Å². The van der Waals surface area contributed by atoms with Gasteiger partial charge in [0.2, 0.25) is 5.91 Å². The molecule has 1 atom stereocenters. The summed E-state index contributed by atoms with van der Waals surface area (Å²) < 4.78 is 0. The smallest absolute Gasteiger partial charge is 0.287 e. The molecule has 1 unspecified atom stereocenters. The number of benzene rings is 1. The number of rotatable bonds is 1. The molecule has 2 heterocycles. The number of carbonyl (C=O) groups excluding carboxylic acids is 2. The number of hydrogen-bond donors (Lipinski definition) is 1. The molecule has 0 radical (unpaired) electrons. The molecular weight excluding hydrogens is 278 g/mol. The Morgan fingerprint density at radius 3 is 2.70 bits per heavy atom. The van der Waals surface area contributed by atoms with Crippen LogP contribution in [-0.2, 0) is 15.0 Å². The van der Waals surface area contributed by atoms with E-state index in [1.165, 1.54) is 6.08 Å². The molecule has 2 amide bonds. The highest BCUT2D eigenvalue weighted by Crippen LogP contribution is 2.43. The summed E-state index contributed by atoms with van der Waals surface area (Å²) in [5.74, 6) is -0.451. The minimum absolute atomic E-state index is 0.0810. The third-order valence-corrected chi connectivity index (χ3v) is 3.93. The van der Waals surface area contributed by atoms with Crippen molar-refractivity contribution in [2.24, 2.45) is 10.2 Å². The van der Waals surface area contributed by atoms with Crippen LogP contribution in [0.5, 0.6) is 0 Å². The van der Waals surface area contributed by atoms with Gasteiger partial charge in [0.25, 0.3) is 5.91 Å². The number of nitrogens with one attached hydrogen (secondary N) is 1. The van der Waals surface area contributed by atoms with Crippen LogP contribution in [0.4, 0.5) is 5.69 Å². The number of hydrogen-bond acceptors (Lipinski definition) is 3. The quantitative estimate of drug-likeness (QED) is 0.862. The van der Waals surface area contributed by atoms with Crippen molar-refractivity contribution < 1.29 is 9.59 Å². The Labute approximate surface area is 120 Å². The highest BCUT2D eigenvalue weighted by molar-refractivity contribution is 6.35. The summed E-state index contributed by atoms with van der Waals surface area (Å²) in [5.41, 5.74) is 1.66. The average molecular weight is 290 g/mol. The highest BCUT2D eigenvalue weighted by atomic mass is 35.5. The number of amides is 2. The fraction of sp³-hybridized carbons (Fsp3) is 0.286. The first kappa shape index (κ1) is 13.0. The van der Waals surface area contributed by atoms with Gasteiger partial charge in [-0.3, -0.25) is 9.59 Å². The maximum Gasteiger partial charge on any atom is 0.287 e. The van der Waals surface area contributed by atoms with E-state index in [9.17, 15) is 9.59 Å². The molecule has 0 aromatic heterocycles. The van der Waals surface area contributed by atoms with Crippen LogP contribution in [0.2, 0.25) is 5.02 Å². The molecule has 1 aromatic carbocycles. The predicted octanol–water partition coefficient (Wildman–Crippen LogP) is 3.16. The number of carbonyl (C=O) groups is 2. The molecule has 20 heavy (non-hydrogen) atoms. The maximum absolute atomic E-state index is 12.0. The van der Waals surface area contributed by atoms with Crippen molar-refractivity contribution in [3.8, 4) is 0 Å². The molecule has 0 fully saturated rings. The summed E-state index contributed by atoms with van der Waals surface area (Å²) in [4.78, 5) is 23.0. The molecule has 102 valence electrons. The molecule has 5 nitrogen and oxygen atoms in total. The topological polar surface area (TPSA) is 70.9 Å². The molecule has 0 spiro atoms. The van der Waals surface area contributed by atoms with E-state index in [-0.39, 0.29) is 17.9 Å². The van der Waals surface area contributed by atoms with Gasteiger partial charge in [-0.2, -0.15) is 5.11 Å². The third-order valence-electron chi connectivity index (χ3n) is 3.64. The summed E-state index contributed by atoms with van der Waals surface area (Å²) in [5, 5.41) is 10.7. The van der Waals surface area contributed by atoms with Crippen molar-refractivity contribution in [3.05, 3.63) is 40.4 Å². The number of anilines is 1. The van der Waals surface area contributed by atoms with E-state index in [2.05, 4.69) is 15.5 Å². The zero-order valence-corrected chi connectivity index (χ0v) is 11.7. The lowest BCUT2D eigenvalue weighted by molar-refractivity contribution is -0.119. The van der Waals surface area contributed by atoms with E-state index < -0.39 is 5.41 Å². The van der Waals surface area contributed by atoms with E-state index in [0.29, 0.717) is 10.7 Å². The van der Waals surface area contributed by atoms with Crippen LogP contribution in [0, 0.1) is 0 Å². The van der Waals surface area contributed by atoms with Crippen molar-refractivity contribution >= 4 is 29.1 Å². The lowest BCUT2D eigenvalue weighted by Crippen LogP contribution is -2.26. The highest BCUT2D eigenvalue weighted by Gasteiger charge is 2.40. The van der Waals surface area contributed by atoms with Crippen LogP contribution in [0.1, 0.15) is 31.0 Å². The van der Waals surface area contributed by atoms with Crippen LogP contribution >= 0.6 is 11.6 Å². The molecule has 2 aliphatic rings. The number of azo groups is 1. The third kappa shape index (κ3) is 1.86. The van der Waals surface area contributed by atoms with Gasteiger partial charge in [0.05, 0.1) is 16.1 Å². The second-order valence-electron chi connectivity index (χ2n) is 5.36. The Kier molecular flexibility index (Phi) is 2.76. The van der Waals surface area contributed by atoms with Crippen molar-refractivity contribution in [2.45, 2.75) is 25.3 Å². The van der Waals surface area contributed by atoms with Gasteiger partial charge in [-0.05, 0) is 37.1 Å².